The molecule has 1 aromatic rings. The fraction of sp³-hybridized carbons (Fsp3) is 0.222. The molecule has 0 bridgehead atoms. The van der Waals surface area contributed by atoms with E-state index in [9.17, 15) is 14.9 Å². The van der Waals surface area contributed by atoms with Crippen molar-refractivity contribution < 1.29 is 19.2 Å². The second-order valence-electron chi connectivity index (χ2n) is 2.65. The highest BCUT2D eigenvalue weighted by molar-refractivity contribution is 5.82. The van der Waals surface area contributed by atoms with Crippen LogP contribution in [-0.4, -0.2) is 25.1 Å². The van der Waals surface area contributed by atoms with Gasteiger partial charge in [-0.15, -0.1) is 0 Å². The van der Waals surface area contributed by atoms with Crippen molar-refractivity contribution in [2.24, 2.45) is 0 Å². The summed E-state index contributed by atoms with van der Waals surface area (Å²) < 4.78 is 9.68. The average Bonchev–Trinajstić information content (AvgIpc) is 2.25. The van der Waals surface area contributed by atoms with Gasteiger partial charge in [-0.3, -0.25) is 14.9 Å². The van der Waals surface area contributed by atoms with Crippen molar-refractivity contribution in [3.63, 3.8) is 0 Å². The molecule has 0 unspecified atom stereocenters. The second kappa shape index (κ2) is 5.06. The molecule has 0 aliphatic carbocycles. The molecule has 0 saturated carbocycles. The Hall–Kier alpha value is -1.95. The molecule has 80 valence electrons. The smallest absolute Gasteiger partial charge is 0.280 e. The molecule has 6 heteroatoms. The molecule has 1 aromatic carbocycles. The largest absolute Gasteiger partial charge is 0.468 e. The molecule has 0 aromatic heterocycles. The monoisotopic (exact) mass is 211 g/mol. The van der Waals surface area contributed by atoms with Gasteiger partial charge in [-0.25, -0.2) is 0 Å². The Bertz CT molecular complexity index is 377. The quantitative estimate of drug-likeness (QED) is 0.318. The predicted octanol–water partition coefficient (Wildman–Crippen LogP) is 1.39. The maximum absolute atomic E-state index is 10.6. The normalized spacial score (nSPS) is 9.67. The number of nitrogens with zero attached hydrogens (tertiary/aromatic N) is 1. The first kappa shape index (κ1) is 11.1. The van der Waals surface area contributed by atoms with E-state index in [4.69, 9.17) is 4.74 Å². The molecule has 0 aliphatic heterocycles. The van der Waals surface area contributed by atoms with E-state index in [1.807, 2.05) is 0 Å². The van der Waals surface area contributed by atoms with Crippen LogP contribution in [0, 0.1) is 10.1 Å². The van der Waals surface area contributed by atoms with Crippen LogP contribution in [0.15, 0.2) is 18.2 Å². The maximum Gasteiger partial charge on any atom is 0.280 e. The van der Waals surface area contributed by atoms with Gasteiger partial charge in [-0.05, 0) is 12.1 Å². The van der Waals surface area contributed by atoms with E-state index in [0.717, 1.165) is 0 Å². The second-order valence-corrected chi connectivity index (χ2v) is 2.65. The topological polar surface area (TPSA) is 78.7 Å². The Morgan fingerprint density at radius 3 is 2.80 bits per heavy atom. The van der Waals surface area contributed by atoms with Crippen LogP contribution < -0.4 is 4.74 Å². The zero-order valence-electron chi connectivity index (χ0n) is 8.00. The van der Waals surface area contributed by atoms with Gasteiger partial charge in [0.2, 0.25) is 0 Å². The van der Waals surface area contributed by atoms with Gasteiger partial charge in [0, 0.05) is 13.2 Å². The maximum atomic E-state index is 10.6. The third-order valence-corrected chi connectivity index (χ3v) is 1.67. The van der Waals surface area contributed by atoms with Gasteiger partial charge in [0.15, 0.2) is 13.1 Å². The van der Waals surface area contributed by atoms with E-state index in [2.05, 4.69) is 4.74 Å². The molecule has 1 rings (SSSR count). The lowest BCUT2D eigenvalue weighted by atomic mass is 10.2. The Balaban J connectivity index is 2.97. The van der Waals surface area contributed by atoms with Gasteiger partial charge in [0.1, 0.15) is 5.75 Å². The molecule has 0 aliphatic rings. The van der Waals surface area contributed by atoms with Crippen LogP contribution in [0.4, 0.5) is 5.69 Å². The number of nitro benzene ring substituents is 1. The van der Waals surface area contributed by atoms with E-state index in [0.29, 0.717) is 12.0 Å². The summed E-state index contributed by atoms with van der Waals surface area (Å²) in [5, 5.41) is 10.5. The van der Waals surface area contributed by atoms with Crippen LogP contribution in [0.1, 0.15) is 10.4 Å². The number of rotatable bonds is 5. The standard InChI is InChI=1S/C9H9NO5/c1-14-6-15-8-2-3-9(10(12)13)7(4-8)5-11/h2-5H,6H2,1H3. The Morgan fingerprint density at radius 2 is 2.27 bits per heavy atom. The van der Waals surface area contributed by atoms with Crippen molar-refractivity contribution in [2.45, 2.75) is 0 Å². The number of methoxy groups -OCH3 is 1. The Morgan fingerprint density at radius 1 is 1.53 bits per heavy atom. The van der Waals surface area contributed by atoms with Crippen molar-refractivity contribution in [1.29, 1.82) is 0 Å². The van der Waals surface area contributed by atoms with E-state index in [-0.39, 0.29) is 18.0 Å². The summed E-state index contributed by atoms with van der Waals surface area (Å²) in [6.45, 7) is 0.0239. The molecule has 0 N–H and O–H groups in total. The molecule has 0 spiro atoms. The molecule has 0 fully saturated rings. The number of hydrogen-bond donors (Lipinski definition) is 0. The van der Waals surface area contributed by atoms with E-state index in [1.165, 1.54) is 25.3 Å². The van der Waals surface area contributed by atoms with Gasteiger partial charge in [0.25, 0.3) is 5.69 Å². The summed E-state index contributed by atoms with van der Waals surface area (Å²) in [4.78, 5) is 20.4. The number of carbonyl (C=O) groups excluding carboxylic acids is 1. The molecule has 0 atom stereocenters. The highest BCUT2D eigenvalue weighted by Gasteiger charge is 2.13. The summed E-state index contributed by atoms with van der Waals surface area (Å²) in [7, 11) is 1.45. The molecular formula is C9H9NO5. The predicted molar refractivity (Wildman–Crippen MR) is 51.0 cm³/mol. The van der Waals surface area contributed by atoms with E-state index in [1.54, 1.807) is 0 Å². The molecule has 6 nitrogen and oxygen atoms in total. The highest BCUT2D eigenvalue weighted by atomic mass is 16.7. The lowest BCUT2D eigenvalue weighted by Gasteiger charge is -2.04. The van der Waals surface area contributed by atoms with Gasteiger partial charge < -0.3 is 9.47 Å². The molecular weight excluding hydrogens is 202 g/mol. The number of aldehydes is 1. The zero-order chi connectivity index (χ0) is 11.3. The number of ether oxygens (including phenoxy) is 2. The highest BCUT2D eigenvalue weighted by Crippen LogP contribution is 2.22. The first-order valence-corrected chi connectivity index (χ1v) is 4.04. The van der Waals surface area contributed by atoms with Crippen LogP contribution in [0.2, 0.25) is 0 Å². The number of carbonyl (C=O) groups is 1. The summed E-state index contributed by atoms with van der Waals surface area (Å²) >= 11 is 0. The molecule has 0 amide bonds. The van der Waals surface area contributed by atoms with Crippen molar-refractivity contribution in [3.05, 3.63) is 33.9 Å². The Kier molecular flexibility index (Phi) is 3.75. The third-order valence-electron chi connectivity index (χ3n) is 1.67. The van der Waals surface area contributed by atoms with Gasteiger partial charge in [0.05, 0.1) is 10.5 Å². The first-order chi connectivity index (χ1) is 7.19. The fourth-order valence-electron chi connectivity index (χ4n) is 1.01. The third kappa shape index (κ3) is 2.75. The summed E-state index contributed by atoms with van der Waals surface area (Å²) in [5.74, 6) is 0.351. The van der Waals surface area contributed by atoms with Crippen molar-refractivity contribution in [2.75, 3.05) is 13.9 Å². The lowest BCUT2D eigenvalue weighted by molar-refractivity contribution is -0.385. The summed E-state index contributed by atoms with van der Waals surface area (Å²) in [5.41, 5.74) is -0.261. The van der Waals surface area contributed by atoms with E-state index >= 15 is 0 Å². The number of benzene rings is 1. The first-order valence-electron chi connectivity index (χ1n) is 4.04. The molecule has 0 radical (unpaired) electrons. The molecule has 0 heterocycles. The van der Waals surface area contributed by atoms with Gasteiger partial charge >= 0.3 is 0 Å². The van der Waals surface area contributed by atoms with Gasteiger partial charge in [-0.2, -0.15) is 0 Å². The van der Waals surface area contributed by atoms with Crippen molar-refractivity contribution in [3.8, 4) is 5.75 Å². The Labute approximate surface area is 85.6 Å². The minimum atomic E-state index is -0.621. The number of nitro groups is 1. The fourth-order valence-corrected chi connectivity index (χ4v) is 1.01. The van der Waals surface area contributed by atoms with Crippen molar-refractivity contribution in [1.82, 2.24) is 0 Å². The summed E-state index contributed by atoms with van der Waals surface area (Å²) in [6.07, 6.45) is 0.414. The van der Waals surface area contributed by atoms with Crippen LogP contribution in [0.5, 0.6) is 5.75 Å². The van der Waals surface area contributed by atoms with Crippen LogP contribution in [0.3, 0.4) is 0 Å². The SMILES string of the molecule is COCOc1ccc([N+](=O)[O-])c(C=O)c1. The van der Waals surface area contributed by atoms with Crippen LogP contribution >= 0.6 is 0 Å². The van der Waals surface area contributed by atoms with Crippen LogP contribution in [0.25, 0.3) is 0 Å². The average molecular weight is 211 g/mol. The summed E-state index contributed by atoms with van der Waals surface area (Å²) in [6, 6.07) is 3.92. The number of hydrogen-bond acceptors (Lipinski definition) is 5. The van der Waals surface area contributed by atoms with Crippen molar-refractivity contribution >= 4 is 12.0 Å². The molecule has 15 heavy (non-hydrogen) atoms. The molecule has 0 saturated heterocycles. The van der Waals surface area contributed by atoms with E-state index < -0.39 is 4.92 Å². The van der Waals surface area contributed by atoms with Crippen LogP contribution in [-0.2, 0) is 4.74 Å². The minimum absolute atomic E-state index is 0.0198. The lowest BCUT2D eigenvalue weighted by Crippen LogP contribution is -2.00. The van der Waals surface area contributed by atoms with Gasteiger partial charge in [-0.1, -0.05) is 0 Å². The zero-order valence-corrected chi connectivity index (χ0v) is 8.00. The minimum Gasteiger partial charge on any atom is -0.468 e.